The molecule has 0 radical (unpaired) electrons. The molecule has 0 fully saturated rings. The van der Waals surface area contributed by atoms with E-state index in [9.17, 15) is 0 Å². The molecule has 0 heterocycles. The van der Waals surface area contributed by atoms with Gasteiger partial charge in [0.1, 0.15) is 0 Å². The number of para-hydroxylation sites is 1. The highest BCUT2D eigenvalue weighted by Gasteiger charge is 2.05. The molecule has 0 unspecified atom stereocenters. The van der Waals surface area contributed by atoms with Crippen molar-refractivity contribution in [2.24, 2.45) is 0 Å². The Morgan fingerprint density at radius 3 is 2.45 bits per heavy atom. The Morgan fingerprint density at radius 1 is 1.10 bits per heavy atom. The first-order valence-electron chi connectivity index (χ1n) is 5.88. The molecule has 0 spiro atoms. The van der Waals surface area contributed by atoms with Crippen LogP contribution in [-0.2, 0) is 0 Å². The number of nitrogens with zero attached hydrogens (tertiary/aromatic N) is 1. The molecule has 2 aromatic rings. The van der Waals surface area contributed by atoms with Crippen LogP contribution in [0, 0.1) is 0 Å². The molecule has 0 aliphatic rings. The van der Waals surface area contributed by atoms with Gasteiger partial charge in [0.2, 0.25) is 0 Å². The maximum atomic E-state index is 6.08. The fourth-order valence-electron chi connectivity index (χ4n) is 1.61. The molecule has 20 heavy (non-hydrogen) atoms. The Kier molecular flexibility index (Phi) is 5.06. The van der Waals surface area contributed by atoms with Crippen molar-refractivity contribution in [2.45, 2.75) is 0 Å². The fraction of sp³-hybridized carbons (Fsp3) is 0.0714. The van der Waals surface area contributed by atoms with Gasteiger partial charge >= 0.3 is 0 Å². The number of anilines is 2. The van der Waals surface area contributed by atoms with Crippen molar-refractivity contribution >= 4 is 51.9 Å². The number of halogens is 2. The minimum Gasteiger partial charge on any atom is -0.330 e. The minimum absolute atomic E-state index is 0.445. The van der Waals surface area contributed by atoms with Crippen molar-refractivity contribution in [3.8, 4) is 0 Å². The van der Waals surface area contributed by atoms with Gasteiger partial charge in [-0.1, -0.05) is 41.4 Å². The van der Waals surface area contributed by atoms with Gasteiger partial charge in [0.05, 0.1) is 16.4 Å². The molecule has 0 aromatic heterocycles. The van der Waals surface area contributed by atoms with E-state index in [1.165, 1.54) is 0 Å². The number of nitrogens with one attached hydrogen (secondary N) is 2. The van der Waals surface area contributed by atoms with E-state index in [1.807, 2.05) is 42.4 Å². The van der Waals surface area contributed by atoms with Crippen LogP contribution in [0.3, 0.4) is 0 Å². The van der Waals surface area contributed by atoms with Gasteiger partial charge in [-0.25, -0.2) is 0 Å². The first-order chi connectivity index (χ1) is 9.56. The summed E-state index contributed by atoms with van der Waals surface area (Å²) < 4.78 is 0. The van der Waals surface area contributed by atoms with Crippen molar-refractivity contribution in [3.05, 3.63) is 58.6 Å². The van der Waals surface area contributed by atoms with Gasteiger partial charge in [-0.05, 0) is 42.5 Å². The Hall–Kier alpha value is -1.49. The molecule has 6 heteroatoms. The van der Waals surface area contributed by atoms with Crippen LogP contribution in [-0.4, -0.2) is 12.2 Å². The van der Waals surface area contributed by atoms with Gasteiger partial charge < -0.3 is 5.32 Å². The van der Waals surface area contributed by atoms with Gasteiger partial charge in [0, 0.05) is 12.1 Å². The van der Waals surface area contributed by atoms with Gasteiger partial charge in [-0.2, -0.15) is 0 Å². The predicted octanol–water partition coefficient (Wildman–Crippen LogP) is 4.33. The average molecular weight is 326 g/mol. The largest absolute Gasteiger partial charge is 0.330 e. The SMILES string of the molecule is CN(NC(=S)Nc1ccc(Cl)cc1Cl)c1ccccc1. The number of hydrogen-bond acceptors (Lipinski definition) is 2. The molecule has 3 nitrogen and oxygen atoms in total. The van der Waals surface area contributed by atoms with E-state index >= 15 is 0 Å². The molecule has 0 bridgehead atoms. The second-order valence-corrected chi connectivity index (χ2v) is 5.34. The van der Waals surface area contributed by atoms with Gasteiger partial charge in [-0.3, -0.25) is 10.4 Å². The lowest BCUT2D eigenvalue weighted by Crippen LogP contribution is -2.41. The molecule has 0 saturated carbocycles. The van der Waals surface area contributed by atoms with Crippen LogP contribution in [0.2, 0.25) is 10.0 Å². The van der Waals surface area contributed by atoms with Gasteiger partial charge in [-0.15, -0.1) is 0 Å². The monoisotopic (exact) mass is 325 g/mol. The molecule has 2 rings (SSSR count). The molecular formula is C14H13Cl2N3S. The van der Waals surface area contributed by atoms with Crippen LogP contribution in [0.1, 0.15) is 0 Å². The number of hydrogen-bond donors (Lipinski definition) is 2. The molecule has 0 saturated heterocycles. The lowest BCUT2D eigenvalue weighted by atomic mass is 10.3. The smallest absolute Gasteiger partial charge is 0.189 e. The zero-order chi connectivity index (χ0) is 14.5. The summed E-state index contributed by atoms with van der Waals surface area (Å²) in [7, 11) is 1.88. The Balaban J connectivity index is 1.99. The lowest BCUT2D eigenvalue weighted by molar-refractivity contribution is 0.888. The Labute approximate surface area is 133 Å². The highest BCUT2D eigenvalue weighted by Crippen LogP contribution is 2.25. The van der Waals surface area contributed by atoms with Gasteiger partial charge in [0.25, 0.3) is 0 Å². The quantitative estimate of drug-likeness (QED) is 0.648. The third-order valence-electron chi connectivity index (χ3n) is 2.59. The molecule has 2 N–H and O–H groups in total. The molecule has 0 aliphatic heterocycles. The minimum atomic E-state index is 0.445. The molecule has 0 amide bonds. The van der Waals surface area contributed by atoms with Crippen LogP contribution < -0.4 is 15.8 Å². The number of thiocarbonyl (C=S) groups is 1. The molecule has 0 aliphatic carbocycles. The maximum absolute atomic E-state index is 6.08. The highest BCUT2D eigenvalue weighted by molar-refractivity contribution is 7.80. The topological polar surface area (TPSA) is 27.3 Å². The molecule has 2 aromatic carbocycles. The molecule has 0 atom stereocenters. The first kappa shape index (κ1) is 14.9. The van der Waals surface area contributed by atoms with Crippen LogP contribution in [0.5, 0.6) is 0 Å². The fourth-order valence-corrected chi connectivity index (χ4v) is 2.31. The summed E-state index contributed by atoms with van der Waals surface area (Å²) in [5.41, 5.74) is 4.75. The summed E-state index contributed by atoms with van der Waals surface area (Å²) in [5.74, 6) is 0. The van der Waals surface area contributed by atoms with E-state index in [0.29, 0.717) is 20.8 Å². The summed E-state index contributed by atoms with van der Waals surface area (Å²) in [6.45, 7) is 0. The maximum Gasteiger partial charge on any atom is 0.189 e. The summed E-state index contributed by atoms with van der Waals surface area (Å²) in [4.78, 5) is 0. The Morgan fingerprint density at radius 2 is 1.80 bits per heavy atom. The van der Waals surface area contributed by atoms with Crippen LogP contribution in [0.15, 0.2) is 48.5 Å². The normalized spacial score (nSPS) is 9.95. The van der Waals surface area contributed by atoms with Crippen LogP contribution >= 0.6 is 35.4 Å². The lowest BCUT2D eigenvalue weighted by Gasteiger charge is -2.22. The second-order valence-electron chi connectivity index (χ2n) is 4.08. The summed E-state index contributed by atoms with van der Waals surface area (Å²) >= 11 is 17.2. The van der Waals surface area contributed by atoms with E-state index in [0.717, 1.165) is 5.69 Å². The average Bonchev–Trinajstić information content (AvgIpc) is 2.43. The standard InChI is InChI=1S/C14H13Cl2N3S/c1-19(11-5-3-2-4-6-11)18-14(20)17-13-8-7-10(15)9-12(13)16/h2-9H,1H3,(H2,17,18,20). The third kappa shape index (κ3) is 4.00. The number of benzene rings is 2. The number of rotatable bonds is 3. The zero-order valence-corrected chi connectivity index (χ0v) is 13.1. The first-order valence-corrected chi connectivity index (χ1v) is 7.04. The zero-order valence-electron chi connectivity index (χ0n) is 10.7. The van der Waals surface area contributed by atoms with Crippen molar-refractivity contribution in [3.63, 3.8) is 0 Å². The summed E-state index contributed by atoms with van der Waals surface area (Å²) in [6, 6.07) is 15.0. The molecular weight excluding hydrogens is 313 g/mol. The third-order valence-corrected chi connectivity index (χ3v) is 3.33. The second kappa shape index (κ2) is 6.79. The van der Waals surface area contributed by atoms with E-state index in [1.54, 1.807) is 18.2 Å². The summed E-state index contributed by atoms with van der Waals surface area (Å²) in [5, 5.41) is 6.39. The predicted molar refractivity (Wildman–Crippen MR) is 90.7 cm³/mol. The van der Waals surface area contributed by atoms with Gasteiger partial charge in [0.15, 0.2) is 5.11 Å². The van der Waals surface area contributed by atoms with Crippen molar-refractivity contribution in [1.82, 2.24) is 5.43 Å². The van der Waals surface area contributed by atoms with Crippen LogP contribution in [0.25, 0.3) is 0 Å². The van der Waals surface area contributed by atoms with Crippen LogP contribution in [0.4, 0.5) is 11.4 Å². The van der Waals surface area contributed by atoms with Crippen molar-refractivity contribution < 1.29 is 0 Å². The van der Waals surface area contributed by atoms with E-state index in [-0.39, 0.29) is 0 Å². The van der Waals surface area contributed by atoms with E-state index < -0.39 is 0 Å². The molecule has 104 valence electrons. The van der Waals surface area contributed by atoms with E-state index in [4.69, 9.17) is 35.4 Å². The van der Waals surface area contributed by atoms with Crippen molar-refractivity contribution in [2.75, 3.05) is 17.4 Å². The summed E-state index contributed by atoms with van der Waals surface area (Å²) in [6.07, 6.45) is 0. The highest BCUT2D eigenvalue weighted by atomic mass is 35.5. The number of hydrazine groups is 1. The van der Waals surface area contributed by atoms with E-state index in [2.05, 4.69) is 10.7 Å². The Bertz CT molecular complexity index is 605. The van der Waals surface area contributed by atoms with Crippen molar-refractivity contribution in [1.29, 1.82) is 0 Å².